The third kappa shape index (κ3) is 2.59. The highest BCUT2D eigenvalue weighted by atomic mass is 15.3. The number of nitrogens with one attached hydrogen (secondary N) is 1. The summed E-state index contributed by atoms with van der Waals surface area (Å²) in [6.45, 7) is 9.70. The maximum Gasteiger partial charge on any atom is 0.0644 e. The topological polar surface area (TPSA) is 29.9 Å². The molecule has 0 aliphatic heterocycles. The van der Waals surface area contributed by atoms with Crippen molar-refractivity contribution in [3.8, 4) is 0 Å². The van der Waals surface area contributed by atoms with E-state index in [0.717, 1.165) is 12.2 Å². The molecule has 0 aliphatic carbocycles. The summed E-state index contributed by atoms with van der Waals surface area (Å²) in [5.41, 5.74) is 3.82. The van der Waals surface area contributed by atoms with Crippen LogP contribution in [0.5, 0.6) is 0 Å². The summed E-state index contributed by atoms with van der Waals surface area (Å²) in [6.07, 6.45) is 2.42. The Morgan fingerprint density at radius 1 is 1.40 bits per heavy atom. The Kier molecular flexibility index (Phi) is 4.33. The van der Waals surface area contributed by atoms with Crippen LogP contribution in [0.2, 0.25) is 0 Å². The van der Waals surface area contributed by atoms with Crippen LogP contribution in [0.3, 0.4) is 0 Å². The highest BCUT2D eigenvalue weighted by molar-refractivity contribution is 5.27. The Morgan fingerprint density at radius 3 is 2.60 bits per heavy atom. The fourth-order valence-electron chi connectivity index (χ4n) is 2.01. The molecule has 0 radical (unpaired) electrons. The van der Waals surface area contributed by atoms with Gasteiger partial charge in [-0.1, -0.05) is 13.3 Å². The molecule has 86 valence electrons. The third-order valence-corrected chi connectivity index (χ3v) is 3.03. The van der Waals surface area contributed by atoms with E-state index in [1.54, 1.807) is 0 Å². The number of aryl methyl sites for hydroxylation is 2. The molecule has 0 bridgehead atoms. The van der Waals surface area contributed by atoms with Crippen LogP contribution in [-0.4, -0.2) is 16.8 Å². The first kappa shape index (κ1) is 12.2. The summed E-state index contributed by atoms with van der Waals surface area (Å²) in [7, 11) is 1.99. The Morgan fingerprint density at radius 2 is 2.07 bits per heavy atom. The quantitative estimate of drug-likeness (QED) is 0.807. The van der Waals surface area contributed by atoms with Gasteiger partial charge in [-0.2, -0.15) is 5.10 Å². The largest absolute Gasteiger partial charge is 0.313 e. The zero-order valence-electron chi connectivity index (χ0n) is 10.6. The summed E-state index contributed by atoms with van der Waals surface area (Å²) in [5, 5.41) is 7.87. The van der Waals surface area contributed by atoms with Gasteiger partial charge in [-0.3, -0.25) is 4.68 Å². The second-order valence-corrected chi connectivity index (χ2v) is 4.17. The van der Waals surface area contributed by atoms with Gasteiger partial charge in [0.2, 0.25) is 0 Å². The summed E-state index contributed by atoms with van der Waals surface area (Å²) in [4.78, 5) is 0. The second-order valence-electron chi connectivity index (χ2n) is 4.17. The molecule has 1 aromatic heterocycles. The van der Waals surface area contributed by atoms with E-state index in [4.69, 9.17) is 0 Å². The van der Waals surface area contributed by atoms with Crippen LogP contribution in [-0.2, 0) is 6.54 Å². The normalized spacial score (nSPS) is 13.1. The van der Waals surface area contributed by atoms with E-state index in [0.29, 0.717) is 6.04 Å². The SMILES string of the molecule is CCCCn1nc(C)c(C(C)NC)c1C. The zero-order chi connectivity index (χ0) is 11.4. The predicted octanol–water partition coefficient (Wildman–Crippen LogP) is 2.58. The number of rotatable bonds is 5. The Hall–Kier alpha value is -0.830. The van der Waals surface area contributed by atoms with Gasteiger partial charge in [0.15, 0.2) is 0 Å². The molecule has 15 heavy (non-hydrogen) atoms. The van der Waals surface area contributed by atoms with E-state index in [9.17, 15) is 0 Å². The molecule has 0 saturated carbocycles. The molecule has 1 unspecified atom stereocenters. The highest BCUT2D eigenvalue weighted by Gasteiger charge is 2.15. The van der Waals surface area contributed by atoms with Gasteiger partial charge >= 0.3 is 0 Å². The number of aromatic nitrogens is 2. The first-order chi connectivity index (χ1) is 7.11. The lowest BCUT2D eigenvalue weighted by Gasteiger charge is -2.11. The highest BCUT2D eigenvalue weighted by Crippen LogP contribution is 2.21. The van der Waals surface area contributed by atoms with Crippen LogP contribution in [0.1, 0.15) is 49.7 Å². The average molecular weight is 209 g/mol. The van der Waals surface area contributed by atoms with E-state index in [-0.39, 0.29) is 0 Å². The van der Waals surface area contributed by atoms with Crippen molar-refractivity contribution in [2.75, 3.05) is 7.05 Å². The molecule has 1 aromatic rings. The van der Waals surface area contributed by atoms with Crippen molar-refractivity contribution in [2.45, 2.75) is 53.1 Å². The van der Waals surface area contributed by atoms with Crippen molar-refractivity contribution >= 4 is 0 Å². The third-order valence-electron chi connectivity index (χ3n) is 3.03. The molecule has 1 rings (SSSR count). The Bertz CT molecular complexity index is 315. The molecule has 3 heteroatoms. The lowest BCUT2D eigenvalue weighted by molar-refractivity contribution is 0.553. The van der Waals surface area contributed by atoms with Crippen molar-refractivity contribution < 1.29 is 0 Å². The standard InChI is InChI=1S/C12H23N3/c1-6-7-8-15-11(4)12(9(2)13-5)10(3)14-15/h9,13H,6-8H2,1-5H3. The minimum absolute atomic E-state index is 0.389. The maximum atomic E-state index is 4.59. The van der Waals surface area contributed by atoms with Crippen LogP contribution in [0.4, 0.5) is 0 Å². The first-order valence-electron chi connectivity index (χ1n) is 5.83. The molecule has 0 aromatic carbocycles. The van der Waals surface area contributed by atoms with Crippen molar-refractivity contribution in [1.29, 1.82) is 0 Å². The molecule has 0 amide bonds. The minimum Gasteiger partial charge on any atom is -0.313 e. The van der Waals surface area contributed by atoms with Crippen LogP contribution < -0.4 is 5.32 Å². The van der Waals surface area contributed by atoms with Gasteiger partial charge in [0, 0.05) is 23.8 Å². The first-order valence-corrected chi connectivity index (χ1v) is 5.83. The van der Waals surface area contributed by atoms with E-state index < -0.39 is 0 Å². The Labute approximate surface area is 92.9 Å². The molecular formula is C12H23N3. The monoisotopic (exact) mass is 209 g/mol. The van der Waals surface area contributed by atoms with Crippen LogP contribution in [0.15, 0.2) is 0 Å². The molecule has 0 saturated heterocycles. The average Bonchev–Trinajstić information content (AvgIpc) is 2.50. The zero-order valence-corrected chi connectivity index (χ0v) is 10.6. The molecule has 3 nitrogen and oxygen atoms in total. The lowest BCUT2D eigenvalue weighted by Crippen LogP contribution is -2.14. The fraction of sp³-hybridized carbons (Fsp3) is 0.750. The number of unbranched alkanes of at least 4 members (excludes halogenated alkanes) is 1. The van der Waals surface area contributed by atoms with Gasteiger partial charge in [0.05, 0.1) is 5.69 Å². The second kappa shape index (κ2) is 5.31. The van der Waals surface area contributed by atoms with E-state index in [2.05, 4.69) is 42.8 Å². The lowest BCUT2D eigenvalue weighted by atomic mass is 10.1. The molecule has 1 N–H and O–H groups in total. The van der Waals surface area contributed by atoms with Crippen molar-refractivity contribution in [1.82, 2.24) is 15.1 Å². The number of nitrogens with zero attached hydrogens (tertiary/aromatic N) is 2. The fourth-order valence-corrected chi connectivity index (χ4v) is 2.01. The van der Waals surface area contributed by atoms with Crippen LogP contribution in [0, 0.1) is 13.8 Å². The van der Waals surface area contributed by atoms with Gasteiger partial charge in [0.25, 0.3) is 0 Å². The molecule has 0 fully saturated rings. The van der Waals surface area contributed by atoms with Crippen molar-refractivity contribution in [3.63, 3.8) is 0 Å². The summed E-state index contributed by atoms with van der Waals surface area (Å²) in [6, 6.07) is 0.389. The van der Waals surface area contributed by atoms with Gasteiger partial charge < -0.3 is 5.32 Å². The number of hydrogen-bond donors (Lipinski definition) is 1. The summed E-state index contributed by atoms with van der Waals surface area (Å²) in [5.74, 6) is 0. The van der Waals surface area contributed by atoms with Gasteiger partial charge in [-0.05, 0) is 34.2 Å². The molecule has 1 heterocycles. The number of hydrogen-bond acceptors (Lipinski definition) is 2. The van der Waals surface area contributed by atoms with Crippen molar-refractivity contribution in [2.24, 2.45) is 0 Å². The van der Waals surface area contributed by atoms with Gasteiger partial charge in [-0.25, -0.2) is 0 Å². The van der Waals surface area contributed by atoms with Crippen molar-refractivity contribution in [3.05, 3.63) is 17.0 Å². The molecule has 0 aliphatic rings. The summed E-state index contributed by atoms with van der Waals surface area (Å²) >= 11 is 0. The van der Waals surface area contributed by atoms with Gasteiger partial charge in [-0.15, -0.1) is 0 Å². The van der Waals surface area contributed by atoms with E-state index in [1.807, 2.05) is 7.05 Å². The van der Waals surface area contributed by atoms with Gasteiger partial charge in [0.1, 0.15) is 0 Å². The molecule has 1 atom stereocenters. The van der Waals surface area contributed by atoms with E-state index >= 15 is 0 Å². The molecule has 0 spiro atoms. The summed E-state index contributed by atoms with van der Waals surface area (Å²) < 4.78 is 2.14. The predicted molar refractivity (Wildman–Crippen MR) is 64.1 cm³/mol. The minimum atomic E-state index is 0.389. The maximum absolute atomic E-state index is 4.59. The smallest absolute Gasteiger partial charge is 0.0644 e. The van der Waals surface area contributed by atoms with E-state index in [1.165, 1.54) is 24.1 Å². The molecular weight excluding hydrogens is 186 g/mol. The van der Waals surface area contributed by atoms with Crippen LogP contribution >= 0.6 is 0 Å². The van der Waals surface area contributed by atoms with Crippen LogP contribution in [0.25, 0.3) is 0 Å². The Balaban J connectivity index is 2.93.